The lowest BCUT2D eigenvalue weighted by Crippen LogP contribution is -2.44. The molecule has 122 valence electrons. The predicted molar refractivity (Wildman–Crippen MR) is 88.5 cm³/mol. The minimum atomic E-state index is -0.215. The van der Waals surface area contributed by atoms with E-state index in [-0.39, 0.29) is 5.60 Å². The lowest BCUT2D eigenvalue weighted by atomic mass is 9.91. The summed E-state index contributed by atoms with van der Waals surface area (Å²) in [6, 6.07) is 6.60. The molecule has 0 spiro atoms. The summed E-state index contributed by atoms with van der Waals surface area (Å²) in [6.45, 7) is 8.00. The van der Waals surface area contributed by atoms with E-state index in [1.165, 1.54) is 24.8 Å². The monoisotopic (exact) mass is 304 g/mol. The van der Waals surface area contributed by atoms with Crippen molar-refractivity contribution in [1.82, 2.24) is 4.90 Å². The molecule has 1 fully saturated rings. The maximum atomic E-state index is 6.32. The second-order valence-corrected chi connectivity index (χ2v) is 6.87. The highest BCUT2D eigenvalue weighted by Crippen LogP contribution is 2.50. The molecule has 0 radical (unpaired) electrons. The van der Waals surface area contributed by atoms with Gasteiger partial charge < -0.3 is 15.2 Å². The first-order chi connectivity index (χ1) is 10.6. The molecule has 22 heavy (non-hydrogen) atoms. The highest BCUT2D eigenvalue weighted by molar-refractivity contribution is 5.52. The summed E-state index contributed by atoms with van der Waals surface area (Å²) in [4.78, 5) is 2.58. The van der Waals surface area contributed by atoms with Gasteiger partial charge in [0.1, 0.15) is 5.60 Å². The van der Waals surface area contributed by atoms with Crippen molar-refractivity contribution < 1.29 is 9.47 Å². The number of piperidine rings is 1. The van der Waals surface area contributed by atoms with Crippen LogP contribution in [0.15, 0.2) is 18.2 Å². The summed E-state index contributed by atoms with van der Waals surface area (Å²) in [5.41, 5.74) is 6.61. The van der Waals surface area contributed by atoms with Crippen molar-refractivity contribution in [3.8, 4) is 11.5 Å². The Morgan fingerprint density at radius 3 is 2.77 bits per heavy atom. The molecule has 4 nitrogen and oxygen atoms in total. The SMILES string of the molecule is CC1(C)Oc2c(OCCCN)cccc2C1N1CCCCC1. The Bertz CT molecular complexity index is 510. The van der Waals surface area contributed by atoms with E-state index in [9.17, 15) is 0 Å². The van der Waals surface area contributed by atoms with Crippen molar-refractivity contribution in [2.45, 2.75) is 51.2 Å². The van der Waals surface area contributed by atoms with Crippen molar-refractivity contribution in [3.63, 3.8) is 0 Å². The van der Waals surface area contributed by atoms with E-state index in [0.717, 1.165) is 31.0 Å². The molecular weight excluding hydrogens is 276 g/mol. The Morgan fingerprint density at radius 2 is 2.05 bits per heavy atom. The van der Waals surface area contributed by atoms with E-state index in [2.05, 4.69) is 30.9 Å². The number of nitrogens with two attached hydrogens (primary N) is 1. The molecule has 1 aromatic rings. The number of fused-ring (bicyclic) bond motifs is 1. The van der Waals surface area contributed by atoms with Gasteiger partial charge >= 0.3 is 0 Å². The van der Waals surface area contributed by atoms with Crippen LogP contribution in [0.4, 0.5) is 0 Å². The van der Waals surface area contributed by atoms with Crippen molar-refractivity contribution in [3.05, 3.63) is 23.8 Å². The molecule has 1 aromatic carbocycles. The lowest BCUT2D eigenvalue weighted by molar-refractivity contribution is 0.0186. The average molecular weight is 304 g/mol. The topological polar surface area (TPSA) is 47.7 Å². The molecule has 2 N–H and O–H groups in total. The molecule has 2 heterocycles. The number of hydrogen-bond acceptors (Lipinski definition) is 4. The van der Waals surface area contributed by atoms with Gasteiger partial charge in [-0.3, -0.25) is 4.90 Å². The van der Waals surface area contributed by atoms with Crippen LogP contribution in [-0.4, -0.2) is 36.7 Å². The molecule has 0 aliphatic carbocycles. The number of benzene rings is 1. The normalized spacial score (nSPS) is 23.9. The van der Waals surface area contributed by atoms with Crippen LogP contribution in [0, 0.1) is 0 Å². The fourth-order valence-corrected chi connectivity index (χ4v) is 3.74. The zero-order chi connectivity index (χ0) is 15.6. The quantitative estimate of drug-likeness (QED) is 0.849. The summed E-state index contributed by atoms with van der Waals surface area (Å²) in [7, 11) is 0. The van der Waals surface area contributed by atoms with E-state index < -0.39 is 0 Å². The third-order valence-electron chi connectivity index (χ3n) is 4.69. The Balaban J connectivity index is 1.86. The molecule has 2 aliphatic rings. The van der Waals surface area contributed by atoms with Crippen molar-refractivity contribution >= 4 is 0 Å². The van der Waals surface area contributed by atoms with Gasteiger partial charge in [-0.15, -0.1) is 0 Å². The van der Waals surface area contributed by atoms with E-state index in [1.807, 2.05) is 6.07 Å². The van der Waals surface area contributed by atoms with Gasteiger partial charge in [-0.1, -0.05) is 18.6 Å². The van der Waals surface area contributed by atoms with E-state index in [1.54, 1.807) is 0 Å². The fourth-order valence-electron chi connectivity index (χ4n) is 3.74. The van der Waals surface area contributed by atoms with Crippen molar-refractivity contribution in [2.75, 3.05) is 26.2 Å². The van der Waals surface area contributed by atoms with Gasteiger partial charge in [0.2, 0.25) is 0 Å². The first-order valence-corrected chi connectivity index (χ1v) is 8.52. The van der Waals surface area contributed by atoms with Gasteiger partial charge in [-0.25, -0.2) is 0 Å². The Labute approximate surface area is 133 Å². The number of hydrogen-bond donors (Lipinski definition) is 1. The molecule has 4 heteroatoms. The smallest absolute Gasteiger partial charge is 0.167 e. The minimum Gasteiger partial charge on any atom is -0.490 e. The molecular formula is C18H28N2O2. The van der Waals surface area contributed by atoms with Crippen LogP contribution < -0.4 is 15.2 Å². The first-order valence-electron chi connectivity index (χ1n) is 8.52. The fraction of sp³-hybridized carbons (Fsp3) is 0.667. The highest BCUT2D eigenvalue weighted by atomic mass is 16.5. The second kappa shape index (κ2) is 6.47. The number of nitrogens with zero attached hydrogens (tertiary/aromatic N) is 1. The Morgan fingerprint density at radius 1 is 1.27 bits per heavy atom. The van der Waals surface area contributed by atoms with Gasteiger partial charge in [0.25, 0.3) is 0 Å². The van der Waals surface area contributed by atoms with Crippen LogP contribution in [-0.2, 0) is 0 Å². The third kappa shape index (κ3) is 2.95. The van der Waals surface area contributed by atoms with Gasteiger partial charge in [-0.2, -0.15) is 0 Å². The molecule has 2 aliphatic heterocycles. The molecule has 1 atom stereocenters. The van der Waals surface area contributed by atoms with Crippen molar-refractivity contribution in [1.29, 1.82) is 0 Å². The second-order valence-electron chi connectivity index (χ2n) is 6.87. The molecule has 0 bridgehead atoms. The lowest BCUT2D eigenvalue weighted by Gasteiger charge is -2.38. The van der Waals surface area contributed by atoms with E-state index in [0.29, 0.717) is 19.2 Å². The van der Waals surface area contributed by atoms with Gasteiger partial charge in [0.15, 0.2) is 11.5 Å². The maximum absolute atomic E-state index is 6.32. The zero-order valence-corrected chi connectivity index (χ0v) is 13.8. The molecule has 0 saturated carbocycles. The summed E-state index contributed by atoms with van der Waals surface area (Å²) in [5, 5.41) is 0. The van der Waals surface area contributed by atoms with Gasteiger partial charge in [0.05, 0.1) is 12.6 Å². The highest BCUT2D eigenvalue weighted by Gasteiger charge is 2.45. The van der Waals surface area contributed by atoms with Crippen LogP contribution in [0.25, 0.3) is 0 Å². The Kier molecular flexibility index (Phi) is 4.59. The van der Waals surface area contributed by atoms with E-state index in [4.69, 9.17) is 15.2 Å². The zero-order valence-electron chi connectivity index (χ0n) is 13.8. The van der Waals surface area contributed by atoms with Gasteiger partial charge in [0, 0.05) is 5.56 Å². The molecule has 3 rings (SSSR count). The maximum Gasteiger partial charge on any atom is 0.167 e. The summed E-state index contributed by atoms with van der Waals surface area (Å²) >= 11 is 0. The minimum absolute atomic E-state index is 0.215. The molecule has 0 aromatic heterocycles. The Hall–Kier alpha value is -1.26. The number of ether oxygens (including phenoxy) is 2. The summed E-state index contributed by atoms with van der Waals surface area (Å²) < 4.78 is 12.2. The van der Waals surface area contributed by atoms with E-state index >= 15 is 0 Å². The summed E-state index contributed by atoms with van der Waals surface area (Å²) in [6.07, 6.45) is 4.78. The summed E-state index contributed by atoms with van der Waals surface area (Å²) in [5.74, 6) is 1.79. The molecule has 1 saturated heterocycles. The number of para-hydroxylation sites is 1. The standard InChI is InChI=1S/C18H28N2O2/c1-18(2)17(20-11-4-3-5-12-20)14-8-6-9-15(16(14)22-18)21-13-7-10-19/h6,8-9,17H,3-5,7,10-13,19H2,1-2H3. The van der Waals surface area contributed by atoms with Crippen LogP contribution in [0.5, 0.6) is 11.5 Å². The van der Waals surface area contributed by atoms with Crippen LogP contribution >= 0.6 is 0 Å². The van der Waals surface area contributed by atoms with Crippen LogP contribution in [0.1, 0.15) is 51.1 Å². The molecule has 1 unspecified atom stereocenters. The largest absolute Gasteiger partial charge is 0.490 e. The van der Waals surface area contributed by atoms with Crippen LogP contribution in [0.2, 0.25) is 0 Å². The van der Waals surface area contributed by atoms with Gasteiger partial charge in [-0.05, 0) is 58.8 Å². The number of rotatable bonds is 5. The van der Waals surface area contributed by atoms with Crippen molar-refractivity contribution in [2.24, 2.45) is 5.73 Å². The number of likely N-dealkylation sites (tertiary alicyclic amines) is 1. The van der Waals surface area contributed by atoms with Crippen LogP contribution in [0.3, 0.4) is 0 Å². The average Bonchev–Trinajstić information content (AvgIpc) is 2.79. The predicted octanol–water partition coefficient (Wildman–Crippen LogP) is 3.11. The molecule has 0 amide bonds. The first kappa shape index (κ1) is 15.6. The third-order valence-corrected chi connectivity index (χ3v) is 4.69.